The monoisotopic (exact) mass is 412 g/mol. The molecule has 3 aliphatic rings. The minimum Gasteiger partial charge on any atom is -0.205 e. The SMILES string of the molecule is c1ccc(-c2cc3c4c(c2)-[n+]2c5c(ccc[n+]5[C-]4C4CCCC4C3)c3cccc[c-]32)cc1. The van der Waals surface area contributed by atoms with Crippen LogP contribution in [0.25, 0.3) is 38.8 Å². The van der Waals surface area contributed by atoms with Crippen LogP contribution < -0.4 is 9.13 Å². The largest absolute Gasteiger partial charge is 0.371 e. The van der Waals surface area contributed by atoms with Crippen molar-refractivity contribution in [3.05, 3.63) is 102 Å². The molecule has 8 rings (SSSR count). The maximum absolute atomic E-state index is 2.55. The van der Waals surface area contributed by atoms with Gasteiger partial charge in [0.05, 0.1) is 0 Å². The highest BCUT2D eigenvalue weighted by Gasteiger charge is 2.48. The zero-order chi connectivity index (χ0) is 20.8. The van der Waals surface area contributed by atoms with Gasteiger partial charge >= 0.3 is 5.65 Å². The molecule has 0 saturated heterocycles. The minimum absolute atomic E-state index is 0.672. The van der Waals surface area contributed by atoms with Crippen molar-refractivity contribution in [1.29, 1.82) is 0 Å². The van der Waals surface area contributed by atoms with E-state index < -0.39 is 0 Å². The summed E-state index contributed by atoms with van der Waals surface area (Å²) in [6.45, 7) is 0. The Bertz CT molecular complexity index is 1540. The molecule has 0 spiro atoms. The summed E-state index contributed by atoms with van der Waals surface area (Å²) in [5.41, 5.74) is 9.69. The maximum Gasteiger partial charge on any atom is 0.371 e. The van der Waals surface area contributed by atoms with Crippen molar-refractivity contribution in [3.63, 3.8) is 0 Å². The predicted octanol–water partition coefficient (Wildman–Crippen LogP) is 5.66. The molecule has 0 bridgehead atoms. The number of rotatable bonds is 1. The van der Waals surface area contributed by atoms with Gasteiger partial charge in [-0.05, 0) is 47.1 Å². The van der Waals surface area contributed by atoms with Crippen molar-refractivity contribution in [2.24, 2.45) is 11.8 Å². The summed E-state index contributed by atoms with van der Waals surface area (Å²) in [4.78, 5) is 0. The van der Waals surface area contributed by atoms with Gasteiger partial charge in [0.15, 0.2) is 11.2 Å². The van der Waals surface area contributed by atoms with Crippen LogP contribution in [0.3, 0.4) is 0 Å². The molecule has 154 valence electrons. The highest BCUT2D eigenvalue weighted by atomic mass is 15.2. The summed E-state index contributed by atoms with van der Waals surface area (Å²) in [6.07, 6.45) is 7.56. The number of para-hydroxylation sites is 1. The molecule has 2 aromatic heterocycles. The Kier molecular flexibility index (Phi) is 3.22. The van der Waals surface area contributed by atoms with Crippen LogP contribution in [-0.4, -0.2) is 0 Å². The molecule has 1 saturated carbocycles. The topological polar surface area (TPSA) is 7.76 Å². The van der Waals surface area contributed by atoms with Gasteiger partial charge in [0, 0.05) is 16.9 Å². The lowest BCUT2D eigenvalue weighted by Crippen LogP contribution is -2.58. The van der Waals surface area contributed by atoms with E-state index in [9.17, 15) is 0 Å². The Labute approximate surface area is 187 Å². The van der Waals surface area contributed by atoms with Crippen LogP contribution >= 0.6 is 0 Å². The van der Waals surface area contributed by atoms with E-state index in [-0.39, 0.29) is 0 Å². The molecule has 3 heterocycles. The second kappa shape index (κ2) is 6.04. The van der Waals surface area contributed by atoms with Crippen molar-refractivity contribution in [1.82, 2.24) is 0 Å². The number of hydrogen-bond acceptors (Lipinski definition) is 0. The second-order valence-electron chi connectivity index (χ2n) is 9.75. The van der Waals surface area contributed by atoms with Crippen LogP contribution in [0.1, 0.15) is 30.4 Å². The summed E-state index contributed by atoms with van der Waals surface area (Å²) in [7, 11) is 0. The lowest BCUT2D eigenvalue weighted by atomic mass is 9.72. The lowest BCUT2D eigenvalue weighted by molar-refractivity contribution is -0.717. The van der Waals surface area contributed by atoms with Gasteiger partial charge in [-0.2, -0.15) is 4.57 Å². The summed E-state index contributed by atoms with van der Waals surface area (Å²) in [5.74, 6) is 1.45. The second-order valence-corrected chi connectivity index (χ2v) is 9.75. The summed E-state index contributed by atoms with van der Waals surface area (Å²) in [6, 6.07) is 30.9. The molecule has 2 aliphatic carbocycles. The molecule has 0 radical (unpaired) electrons. The van der Waals surface area contributed by atoms with Gasteiger partial charge in [0.25, 0.3) is 0 Å². The summed E-state index contributed by atoms with van der Waals surface area (Å²) >= 11 is 0. The number of fused-ring (bicyclic) bond motifs is 7. The van der Waals surface area contributed by atoms with E-state index in [4.69, 9.17) is 0 Å². The third-order valence-corrected chi connectivity index (χ3v) is 8.17. The molecule has 5 aromatic rings. The molecule has 0 N–H and O–H groups in total. The van der Waals surface area contributed by atoms with Gasteiger partial charge in [0.2, 0.25) is 0 Å². The van der Waals surface area contributed by atoms with Gasteiger partial charge in [-0.3, -0.25) is 0 Å². The Hall–Kier alpha value is -3.52. The quantitative estimate of drug-likeness (QED) is 0.248. The van der Waals surface area contributed by atoms with Crippen molar-refractivity contribution in [2.45, 2.75) is 25.7 Å². The molecule has 1 fully saturated rings. The number of aromatic nitrogens is 2. The van der Waals surface area contributed by atoms with E-state index in [2.05, 4.69) is 94.2 Å². The van der Waals surface area contributed by atoms with E-state index in [0.717, 1.165) is 5.92 Å². The normalized spacial score (nSPS) is 20.6. The Morgan fingerprint density at radius 1 is 0.844 bits per heavy atom. The van der Waals surface area contributed by atoms with Crippen LogP contribution in [0.2, 0.25) is 0 Å². The first-order chi connectivity index (χ1) is 15.9. The number of benzene rings is 3. The minimum atomic E-state index is 0.672. The van der Waals surface area contributed by atoms with Gasteiger partial charge in [0.1, 0.15) is 12.2 Å². The van der Waals surface area contributed by atoms with E-state index in [1.807, 2.05) is 0 Å². The average Bonchev–Trinajstić information content (AvgIpc) is 3.45. The molecule has 3 aromatic carbocycles. The lowest BCUT2D eigenvalue weighted by Gasteiger charge is -2.38. The van der Waals surface area contributed by atoms with Gasteiger partial charge in [-0.1, -0.05) is 67.3 Å². The van der Waals surface area contributed by atoms with Crippen molar-refractivity contribution < 1.29 is 9.13 Å². The highest BCUT2D eigenvalue weighted by molar-refractivity contribution is 6.02. The maximum atomic E-state index is 2.55. The Balaban J connectivity index is 1.55. The molecular formula is C30H24N2. The highest BCUT2D eigenvalue weighted by Crippen LogP contribution is 2.50. The third-order valence-electron chi connectivity index (χ3n) is 8.17. The molecule has 2 heteroatoms. The molecule has 1 aliphatic heterocycles. The van der Waals surface area contributed by atoms with E-state index in [0.29, 0.717) is 5.92 Å². The summed E-state index contributed by atoms with van der Waals surface area (Å²) < 4.78 is 5.08. The Morgan fingerprint density at radius 2 is 1.75 bits per heavy atom. The fourth-order valence-electron chi connectivity index (χ4n) is 6.91. The number of nitrogens with zero attached hydrogens (tertiary/aromatic N) is 2. The zero-order valence-corrected chi connectivity index (χ0v) is 18.0. The molecular weight excluding hydrogens is 388 g/mol. The molecule has 32 heavy (non-hydrogen) atoms. The number of pyridine rings is 1. The van der Waals surface area contributed by atoms with Gasteiger partial charge in [-0.15, -0.1) is 18.2 Å². The first-order valence-electron chi connectivity index (χ1n) is 11.9. The van der Waals surface area contributed by atoms with Crippen molar-refractivity contribution in [3.8, 4) is 16.8 Å². The molecule has 2 nitrogen and oxygen atoms in total. The van der Waals surface area contributed by atoms with Crippen molar-refractivity contribution in [2.75, 3.05) is 0 Å². The van der Waals surface area contributed by atoms with E-state index >= 15 is 0 Å². The van der Waals surface area contributed by atoms with Crippen LogP contribution in [0.15, 0.2) is 85.1 Å². The summed E-state index contributed by atoms with van der Waals surface area (Å²) in [5, 5.41) is 2.70. The fourth-order valence-corrected chi connectivity index (χ4v) is 6.91. The van der Waals surface area contributed by atoms with E-state index in [1.54, 1.807) is 6.04 Å². The average molecular weight is 413 g/mol. The molecule has 2 atom stereocenters. The Morgan fingerprint density at radius 3 is 2.69 bits per heavy atom. The standard InChI is InChI=1S/C30H24N2/c1-2-8-19(9-3-1)21-17-22-16-20-10-6-12-23(20)29-28(22)27(18-21)32-26-14-5-4-11-24(26)25-13-7-15-31(29)30(25)32/h1-5,7-9,11,13-15,17-18,20,23H,6,10,12,16H2. The zero-order valence-electron chi connectivity index (χ0n) is 18.0. The van der Waals surface area contributed by atoms with Crippen molar-refractivity contribution >= 4 is 21.9 Å². The van der Waals surface area contributed by atoms with Gasteiger partial charge in [-0.25, -0.2) is 4.57 Å². The van der Waals surface area contributed by atoms with Crippen LogP contribution in [-0.2, 0) is 6.42 Å². The first kappa shape index (κ1) is 17.1. The molecule has 0 amide bonds. The van der Waals surface area contributed by atoms with Gasteiger partial charge < -0.3 is 0 Å². The number of hydrogen-bond donors (Lipinski definition) is 0. The van der Waals surface area contributed by atoms with Crippen LogP contribution in [0, 0.1) is 17.9 Å². The predicted molar refractivity (Wildman–Crippen MR) is 126 cm³/mol. The first-order valence-corrected chi connectivity index (χ1v) is 11.9. The molecule has 2 unspecified atom stereocenters. The third kappa shape index (κ3) is 2.05. The van der Waals surface area contributed by atoms with E-state index in [1.165, 1.54) is 75.6 Å². The van der Waals surface area contributed by atoms with Crippen LogP contribution in [0.4, 0.5) is 0 Å². The fraction of sp³-hybridized carbons (Fsp3) is 0.200. The van der Waals surface area contributed by atoms with Crippen LogP contribution in [0.5, 0.6) is 0 Å². The smallest absolute Gasteiger partial charge is 0.205 e.